The number of rotatable bonds is 6. The van der Waals surface area contributed by atoms with Gasteiger partial charge in [0.2, 0.25) is 11.8 Å². The molecule has 1 fully saturated rings. The molecule has 0 radical (unpaired) electrons. The van der Waals surface area contributed by atoms with Crippen molar-refractivity contribution in [3.05, 3.63) is 0 Å². The molecule has 0 bridgehead atoms. The Kier molecular flexibility index (Phi) is 6.65. The van der Waals surface area contributed by atoms with E-state index in [1.165, 1.54) is 0 Å². The normalized spacial score (nSPS) is 20.4. The molecule has 0 aromatic heterocycles. The molecule has 1 saturated carbocycles. The molecular weight excluding hydrogens is 266 g/mol. The van der Waals surface area contributed by atoms with E-state index in [-0.39, 0.29) is 23.8 Å². The van der Waals surface area contributed by atoms with Gasteiger partial charge in [0.05, 0.1) is 0 Å². The minimum absolute atomic E-state index is 0.0671. The van der Waals surface area contributed by atoms with Crippen LogP contribution in [0.25, 0.3) is 0 Å². The van der Waals surface area contributed by atoms with Gasteiger partial charge in [-0.2, -0.15) is 0 Å². The second kappa shape index (κ2) is 7.78. The van der Waals surface area contributed by atoms with Gasteiger partial charge in [-0.15, -0.1) is 0 Å². The Morgan fingerprint density at radius 1 is 1.14 bits per heavy atom. The number of hydrogen-bond acceptors (Lipinski definition) is 3. The van der Waals surface area contributed by atoms with Crippen molar-refractivity contribution in [1.82, 2.24) is 10.2 Å². The maximum absolute atomic E-state index is 12.9. The molecule has 1 rings (SSSR count). The summed E-state index contributed by atoms with van der Waals surface area (Å²) in [5.41, 5.74) is 5.10. The number of nitrogens with zero attached hydrogens (tertiary/aromatic N) is 1. The van der Waals surface area contributed by atoms with E-state index in [1.54, 1.807) is 0 Å². The first-order chi connectivity index (χ1) is 9.88. The third kappa shape index (κ3) is 4.19. The highest BCUT2D eigenvalue weighted by molar-refractivity contribution is 5.92. The van der Waals surface area contributed by atoms with Gasteiger partial charge in [0.25, 0.3) is 0 Å². The summed E-state index contributed by atoms with van der Waals surface area (Å²) in [4.78, 5) is 27.1. The standard InChI is InChI=1S/C16H31N3O2/c1-5-19(6-2)15(21)16(10-8-7-9-11-16)18-14(20)12(3)13(4)17/h12-13H,5-11,17H2,1-4H3,(H,18,20). The number of nitrogens with one attached hydrogen (secondary N) is 1. The molecule has 122 valence electrons. The first kappa shape index (κ1) is 18.0. The smallest absolute Gasteiger partial charge is 0.248 e. The van der Waals surface area contributed by atoms with E-state index in [2.05, 4.69) is 5.32 Å². The van der Waals surface area contributed by atoms with Gasteiger partial charge in [0.1, 0.15) is 5.54 Å². The fourth-order valence-corrected chi connectivity index (χ4v) is 2.95. The second-order valence-corrected chi connectivity index (χ2v) is 6.26. The Bertz CT molecular complexity index is 359. The minimum Gasteiger partial charge on any atom is -0.341 e. The number of carbonyl (C=O) groups excluding carboxylic acids is 2. The van der Waals surface area contributed by atoms with Crippen LogP contribution in [0.5, 0.6) is 0 Å². The average Bonchev–Trinajstić information content (AvgIpc) is 2.48. The Hall–Kier alpha value is -1.10. The number of nitrogens with two attached hydrogens (primary N) is 1. The van der Waals surface area contributed by atoms with E-state index in [0.29, 0.717) is 13.1 Å². The summed E-state index contributed by atoms with van der Waals surface area (Å²) in [7, 11) is 0. The summed E-state index contributed by atoms with van der Waals surface area (Å²) in [5, 5.41) is 3.05. The molecule has 1 aliphatic carbocycles. The summed E-state index contributed by atoms with van der Waals surface area (Å²) in [5.74, 6) is -0.321. The topological polar surface area (TPSA) is 75.4 Å². The van der Waals surface area contributed by atoms with Crippen molar-refractivity contribution in [3.8, 4) is 0 Å². The van der Waals surface area contributed by atoms with Crippen LogP contribution < -0.4 is 11.1 Å². The summed E-state index contributed by atoms with van der Waals surface area (Å²) in [6.45, 7) is 8.95. The van der Waals surface area contributed by atoms with Crippen LogP contribution in [0.1, 0.15) is 59.8 Å². The van der Waals surface area contributed by atoms with Gasteiger partial charge in [0.15, 0.2) is 0 Å². The minimum atomic E-state index is -0.718. The molecule has 0 spiro atoms. The van der Waals surface area contributed by atoms with E-state index in [4.69, 9.17) is 5.73 Å². The molecule has 2 unspecified atom stereocenters. The van der Waals surface area contributed by atoms with Gasteiger partial charge in [-0.25, -0.2) is 0 Å². The highest BCUT2D eigenvalue weighted by Crippen LogP contribution is 2.30. The van der Waals surface area contributed by atoms with Crippen LogP contribution in [0.3, 0.4) is 0 Å². The van der Waals surface area contributed by atoms with Gasteiger partial charge < -0.3 is 16.0 Å². The van der Waals surface area contributed by atoms with Crippen molar-refractivity contribution >= 4 is 11.8 Å². The molecule has 21 heavy (non-hydrogen) atoms. The zero-order valence-electron chi connectivity index (χ0n) is 13.9. The molecule has 5 nitrogen and oxygen atoms in total. The summed E-state index contributed by atoms with van der Waals surface area (Å²) >= 11 is 0. The third-order valence-corrected chi connectivity index (χ3v) is 4.73. The van der Waals surface area contributed by atoms with Crippen molar-refractivity contribution in [2.24, 2.45) is 11.7 Å². The van der Waals surface area contributed by atoms with E-state index < -0.39 is 5.54 Å². The Morgan fingerprint density at radius 3 is 2.10 bits per heavy atom. The van der Waals surface area contributed by atoms with Crippen LogP contribution in [0, 0.1) is 5.92 Å². The van der Waals surface area contributed by atoms with Crippen molar-refractivity contribution in [2.45, 2.75) is 71.4 Å². The lowest BCUT2D eigenvalue weighted by Crippen LogP contribution is -2.62. The third-order valence-electron chi connectivity index (χ3n) is 4.73. The molecule has 0 aromatic carbocycles. The molecular formula is C16H31N3O2. The van der Waals surface area contributed by atoms with Crippen LogP contribution in [0.2, 0.25) is 0 Å². The van der Waals surface area contributed by atoms with Crippen molar-refractivity contribution in [2.75, 3.05) is 13.1 Å². The maximum Gasteiger partial charge on any atom is 0.248 e. The lowest BCUT2D eigenvalue weighted by molar-refractivity contribution is -0.144. The van der Waals surface area contributed by atoms with Crippen LogP contribution in [-0.4, -0.2) is 41.4 Å². The van der Waals surface area contributed by atoms with Crippen LogP contribution in [0.4, 0.5) is 0 Å². The van der Waals surface area contributed by atoms with Crippen LogP contribution in [0.15, 0.2) is 0 Å². The summed E-state index contributed by atoms with van der Waals surface area (Å²) in [6.07, 6.45) is 4.57. The average molecular weight is 297 g/mol. The van der Waals surface area contributed by atoms with Crippen molar-refractivity contribution in [1.29, 1.82) is 0 Å². The number of hydrogen-bond donors (Lipinski definition) is 2. The number of carbonyl (C=O) groups is 2. The summed E-state index contributed by atoms with van der Waals surface area (Å²) < 4.78 is 0. The van der Waals surface area contributed by atoms with Gasteiger partial charge in [-0.05, 0) is 33.6 Å². The SMILES string of the molecule is CCN(CC)C(=O)C1(NC(=O)C(C)C(C)N)CCCCC1. The molecule has 5 heteroatoms. The van der Waals surface area contributed by atoms with Crippen LogP contribution >= 0.6 is 0 Å². The zero-order valence-corrected chi connectivity index (χ0v) is 13.9. The quantitative estimate of drug-likeness (QED) is 0.783. The molecule has 2 amide bonds. The molecule has 3 N–H and O–H groups in total. The Balaban J connectivity index is 2.93. The molecule has 0 aromatic rings. The lowest BCUT2D eigenvalue weighted by atomic mass is 9.79. The largest absolute Gasteiger partial charge is 0.341 e. The van der Waals surface area contributed by atoms with Crippen molar-refractivity contribution < 1.29 is 9.59 Å². The molecule has 0 heterocycles. The lowest BCUT2D eigenvalue weighted by Gasteiger charge is -2.40. The fraction of sp³-hybridized carbons (Fsp3) is 0.875. The first-order valence-electron chi connectivity index (χ1n) is 8.25. The fourth-order valence-electron chi connectivity index (χ4n) is 2.95. The van der Waals surface area contributed by atoms with Gasteiger partial charge >= 0.3 is 0 Å². The predicted molar refractivity (Wildman–Crippen MR) is 84.7 cm³/mol. The van der Waals surface area contributed by atoms with Crippen LogP contribution in [-0.2, 0) is 9.59 Å². The van der Waals surface area contributed by atoms with E-state index >= 15 is 0 Å². The predicted octanol–water partition coefficient (Wildman–Crippen LogP) is 1.66. The Labute approximate surface area is 128 Å². The van der Waals surface area contributed by atoms with E-state index in [1.807, 2.05) is 32.6 Å². The Morgan fingerprint density at radius 2 is 1.67 bits per heavy atom. The zero-order chi connectivity index (χ0) is 16.0. The molecule has 1 aliphatic rings. The van der Waals surface area contributed by atoms with Crippen molar-refractivity contribution in [3.63, 3.8) is 0 Å². The molecule has 0 saturated heterocycles. The highest BCUT2D eigenvalue weighted by Gasteiger charge is 2.43. The maximum atomic E-state index is 12.9. The van der Waals surface area contributed by atoms with E-state index in [0.717, 1.165) is 32.1 Å². The van der Waals surface area contributed by atoms with Gasteiger partial charge in [0, 0.05) is 25.0 Å². The molecule has 2 atom stereocenters. The monoisotopic (exact) mass is 297 g/mol. The summed E-state index contributed by atoms with van der Waals surface area (Å²) in [6, 6.07) is -0.214. The highest BCUT2D eigenvalue weighted by atomic mass is 16.2. The number of likely N-dealkylation sites (N-methyl/N-ethyl adjacent to an activating group) is 1. The second-order valence-electron chi connectivity index (χ2n) is 6.26. The number of amides is 2. The van der Waals surface area contributed by atoms with E-state index in [9.17, 15) is 9.59 Å². The first-order valence-corrected chi connectivity index (χ1v) is 8.25. The molecule has 0 aliphatic heterocycles. The van der Waals surface area contributed by atoms with Gasteiger partial charge in [-0.1, -0.05) is 26.2 Å². The van der Waals surface area contributed by atoms with Gasteiger partial charge in [-0.3, -0.25) is 9.59 Å².